The lowest BCUT2D eigenvalue weighted by Gasteiger charge is -2.46. The molecule has 3 atom stereocenters. The Hall–Kier alpha value is -0.370. The lowest BCUT2D eigenvalue weighted by molar-refractivity contribution is -0.132. The highest BCUT2D eigenvalue weighted by Gasteiger charge is 2.56. The normalized spacial score (nSPS) is 50.7. The van der Waals surface area contributed by atoms with Crippen LogP contribution in [0.5, 0.6) is 0 Å². The molecule has 2 rings (SSSR count). The molecule has 74 valence electrons. The van der Waals surface area contributed by atoms with Crippen molar-refractivity contribution in [1.82, 2.24) is 0 Å². The highest BCUT2D eigenvalue weighted by molar-refractivity contribution is 5.80. The summed E-state index contributed by atoms with van der Waals surface area (Å²) in [4.78, 5) is 11.4. The van der Waals surface area contributed by atoms with E-state index in [1.807, 2.05) is 0 Å². The Labute approximate surface area is 79.3 Å². The molecule has 2 aliphatic rings. The molecule has 2 nitrogen and oxygen atoms in total. The van der Waals surface area contributed by atoms with E-state index < -0.39 is 0 Å². The van der Waals surface area contributed by atoms with E-state index in [1.54, 1.807) is 0 Å². The van der Waals surface area contributed by atoms with Crippen LogP contribution in [0.1, 0.15) is 46.0 Å². The fourth-order valence-corrected chi connectivity index (χ4v) is 3.12. The number of hydrogen-bond donors (Lipinski definition) is 1. The van der Waals surface area contributed by atoms with Crippen LogP contribution in [0, 0.1) is 10.8 Å². The first-order valence-electron chi connectivity index (χ1n) is 5.18. The van der Waals surface area contributed by atoms with Gasteiger partial charge in [0.15, 0.2) is 0 Å². The molecule has 0 heterocycles. The Morgan fingerprint density at radius 2 is 2.08 bits per heavy atom. The maximum absolute atomic E-state index is 11.4. The molecular weight excluding hydrogens is 164 g/mol. The zero-order valence-electron chi connectivity index (χ0n) is 8.47. The van der Waals surface area contributed by atoms with Gasteiger partial charge < -0.3 is 5.11 Å². The van der Waals surface area contributed by atoms with Crippen LogP contribution in [0.2, 0.25) is 0 Å². The Morgan fingerprint density at radius 3 is 2.77 bits per heavy atom. The van der Waals surface area contributed by atoms with Crippen molar-refractivity contribution in [3.63, 3.8) is 0 Å². The summed E-state index contributed by atoms with van der Waals surface area (Å²) in [5, 5.41) is 9.91. The maximum Gasteiger partial charge on any atom is 0.133 e. The highest BCUT2D eigenvalue weighted by Crippen LogP contribution is 2.59. The topological polar surface area (TPSA) is 37.3 Å². The highest BCUT2D eigenvalue weighted by atomic mass is 16.3. The number of rotatable bonds is 0. The van der Waals surface area contributed by atoms with E-state index in [0.717, 1.165) is 25.7 Å². The predicted octanol–water partition coefficient (Wildman–Crippen LogP) is 1.91. The zero-order valence-corrected chi connectivity index (χ0v) is 8.47. The number of ketones is 1. The summed E-state index contributed by atoms with van der Waals surface area (Å²) in [5.41, 5.74) is 0.0721. The average Bonchev–Trinajstić information content (AvgIpc) is 2.28. The molecule has 0 aromatic carbocycles. The van der Waals surface area contributed by atoms with Gasteiger partial charge in [0, 0.05) is 18.3 Å². The third-order valence-electron chi connectivity index (χ3n) is 4.60. The van der Waals surface area contributed by atoms with E-state index in [9.17, 15) is 9.90 Å². The molecule has 3 unspecified atom stereocenters. The van der Waals surface area contributed by atoms with Gasteiger partial charge in [-0.1, -0.05) is 13.8 Å². The van der Waals surface area contributed by atoms with Crippen molar-refractivity contribution in [2.24, 2.45) is 10.8 Å². The maximum atomic E-state index is 11.4. The molecule has 1 N–H and O–H groups in total. The summed E-state index contributed by atoms with van der Waals surface area (Å²) >= 11 is 0. The quantitative estimate of drug-likeness (QED) is 0.621. The third-order valence-corrected chi connectivity index (χ3v) is 4.60. The van der Waals surface area contributed by atoms with Crippen molar-refractivity contribution in [3.05, 3.63) is 0 Å². The molecule has 0 amide bonds. The van der Waals surface area contributed by atoms with Gasteiger partial charge in [0.1, 0.15) is 5.78 Å². The molecule has 0 aromatic rings. The van der Waals surface area contributed by atoms with Gasteiger partial charge in [-0.05, 0) is 24.7 Å². The van der Waals surface area contributed by atoms with Crippen molar-refractivity contribution in [2.75, 3.05) is 0 Å². The first kappa shape index (κ1) is 9.20. The van der Waals surface area contributed by atoms with Gasteiger partial charge in [-0.2, -0.15) is 0 Å². The molecule has 0 saturated heterocycles. The molecule has 2 heteroatoms. The number of Topliss-reactive ketones (excluding diaryl/α,β-unsaturated/α-hetero) is 1. The molecule has 0 bridgehead atoms. The minimum absolute atomic E-state index is 0.137. The number of carbonyl (C=O) groups excluding carboxylic acids is 1. The second kappa shape index (κ2) is 2.57. The summed E-state index contributed by atoms with van der Waals surface area (Å²) < 4.78 is 0. The first-order chi connectivity index (χ1) is 5.98. The number of carbonyl (C=O) groups is 1. The fraction of sp³-hybridized carbons (Fsp3) is 0.909. The Kier molecular flexibility index (Phi) is 1.82. The van der Waals surface area contributed by atoms with Crippen LogP contribution in [0.15, 0.2) is 0 Å². The molecular formula is C11H18O2. The summed E-state index contributed by atoms with van der Waals surface area (Å²) in [6.07, 6.45) is 3.97. The van der Waals surface area contributed by atoms with E-state index in [-0.39, 0.29) is 16.9 Å². The Balaban J connectivity index is 2.33. The molecule has 0 radical (unpaired) electrons. The van der Waals surface area contributed by atoms with Crippen LogP contribution in [-0.4, -0.2) is 17.0 Å². The molecule has 2 aliphatic carbocycles. The minimum atomic E-state index is -0.262. The van der Waals surface area contributed by atoms with E-state index in [1.165, 1.54) is 0 Å². The van der Waals surface area contributed by atoms with Crippen molar-refractivity contribution >= 4 is 5.78 Å². The second-order valence-electron chi connectivity index (χ2n) is 5.25. The molecule has 0 aliphatic heterocycles. The summed E-state index contributed by atoms with van der Waals surface area (Å²) in [6, 6.07) is 0. The van der Waals surface area contributed by atoms with Gasteiger partial charge in [-0.15, -0.1) is 0 Å². The number of aliphatic hydroxyl groups excluding tert-OH is 1. The van der Waals surface area contributed by atoms with Crippen LogP contribution in [0.3, 0.4) is 0 Å². The van der Waals surface area contributed by atoms with E-state index in [0.29, 0.717) is 12.2 Å². The van der Waals surface area contributed by atoms with Crippen molar-refractivity contribution < 1.29 is 9.90 Å². The molecule has 2 saturated carbocycles. The van der Waals surface area contributed by atoms with Crippen LogP contribution in [0.4, 0.5) is 0 Å². The van der Waals surface area contributed by atoms with Crippen molar-refractivity contribution in [1.29, 1.82) is 0 Å². The van der Waals surface area contributed by atoms with Gasteiger partial charge in [0.05, 0.1) is 6.10 Å². The van der Waals surface area contributed by atoms with Gasteiger partial charge in [0.2, 0.25) is 0 Å². The summed E-state index contributed by atoms with van der Waals surface area (Å²) in [7, 11) is 0. The van der Waals surface area contributed by atoms with E-state index in [4.69, 9.17) is 0 Å². The fourth-order valence-electron chi connectivity index (χ4n) is 3.12. The average molecular weight is 182 g/mol. The minimum Gasteiger partial charge on any atom is -0.393 e. The van der Waals surface area contributed by atoms with Gasteiger partial charge in [-0.25, -0.2) is 0 Å². The SMILES string of the molecule is CC12CCC(=O)CC1(C)C(O)CC2. The molecule has 2 fully saturated rings. The number of hydrogen-bond acceptors (Lipinski definition) is 2. The van der Waals surface area contributed by atoms with Crippen LogP contribution >= 0.6 is 0 Å². The lowest BCUT2D eigenvalue weighted by Crippen LogP contribution is -2.44. The zero-order chi connectivity index (χ0) is 9.69. The Bertz CT molecular complexity index is 248. The summed E-state index contributed by atoms with van der Waals surface area (Å²) in [6.45, 7) is 4.32. The van der Waals surface area contributed by atoms with Gasteiger partial charge in [-0.3, -0.25) is 4.79 Å². The largest absolute Gasteiger partial charge is 0.393 e. The monoisotopic (exact) mass is 182 g/mol. The van der Waals surface area contributed by atoms with Crippen LogP contribution in [-0.2, 0) is 4.79 Å². The molecule has 0 spiro atoms. The molecule has 0 aromatic heterocycles. The van der Waals surface area contributed by atoms with E-state index in [2.05, 4.69) is 13.8 Å². The third kappa shape index (κ3) is 1.08. The van der Waals surface area contributed by atoms with E-state index >= 15 is 0 Å². The lowest BCUT2D eigenvalue weighted by atomic mass is 9.59. The number of aliphatic hydroxyl groups is 1. The number of fused-ring (bicyclic) bond motifs is 1. The van der Waals surface area contributed by atoms with Crippen molar-refractivity contribution in [3.8, 4) is 0 Å². The molecule has 13 heavy (non-hydrogen) atoms. The van der Waals surface area contributed by atoms with Crippen molar-refractivity contribution in [2.45, 2.75) is 52.1 Å². The van der Waals surface area contributed by atoms with Crippen LogP contribution < -0.4 is 0 Å². The Morgan fingerprint density at radius 1 is 1.38 bits per heavy atom. The predicted molar refractivity (Wildman–Crippen MR) is 50.3 cm³/mol. The van der Waals surface area contributed by atoms with Gasteiger partial charge in [0.25, 0.3) is 0 Å². The van der Waals surface area contributed by atoms with Crippen LogP contribution in [0.25, 0.3) is 0 Å². The second-order valence-corrected chi connectivity index (χ2v) is 5.25. The van der Waals surface area contributed by atoms with Gasteiger partial charge >= 0.3 is 0 Å². The smallest absolute Gasteiger partial charge is 0.133 e. The standard InChI is InChI=1S/C11H18O2/c1-10-5-3-8(12)7-11(10,2)9(13)4-6-10/h9,13H,3-7H2,1-2H3. The first-order valence-corrected chi connectivity index (χ1v) is 5.18. The summed E-state index contributed by atoms with van der Waals surface area (Å²) in [5.74, 6) is 0.334.